The van der Waals surface area contributed by atoms with Crippen LogP contribution in [0.15, 0.2) is 96.5 Å². The Morgan fingerprint density at radius 3 is 2.33 bits per heavy atom. The standard InChI is InChI=1S/C25H23N3OS/c1-28(22-15-9-8-14-21(22)19-10-4-2-5-11-19)18-23(29)27-24(25-26-16-17-30-25)20-12-6-3-7-13-20/h2-17,24H,18H2,1H3,(H,27,29). The minimum absolute atomic E-state index is 0.0515. The van der Waals surface area contributed by atoms with Gasteiger partial charge in [-0.2, -0.15) is 0 Å². The van der Waals surface area contributed by atoms with E-state index in [0.29, 0.717) is 0 Å². The number of anilines is 1. The van der Waals surface area contributed by atoms with Crippen LogP contribution in [0.25, 0.3) is 11.1 Å². The highest BCUT2D eigenvalue weighted by Gasteiger charge is 2.20. The van der Waals surface area contributed by atoms with E-state index in [-0.39, 0.29) is 18.5 Å². The Labute approximate surface area is 180 Å². The maximum Gasteiger partial charge on any atom is 0.240 e. The maximum absolute atomic E-state index is 13.0. The molecule has 1 heterocycles. The second-order valence-electron chi connectivity index (χ2n) is 7.02. The Kier molecular flexibility index (Phi) is 6.20. The van der Waals surface area contributed by atoms with Gasteiger partial charge in [-0.1, -0.05) is 78.9 Å². The predicted octanol–water partition coefficient (Wildman–Crippen LogP) is 5.15. The van der Waals surface area contributed by atoms with Crippen LogP contribution in [0.4, 0.5) is 5.69 Å². The van der Waals surface area contributed by atoms with E-state index in [9.17, 15) is 4.79 Å². The molecule has 5 heteroatoms. The van der Waals surface area contributed by atoms with Crippen LogP contribution < -0.4 is 10.2 Å². The molecule has 1 amide bonds. The van der Waals surface area contributed by atoms with Crippen molar-refractivity contribution >= 4 is 22.9 Å². The van der Waals surface area contributed by atoms with Crippen molar-refractivity contribution in [2.24, 2.45) is 0 Å². The average Bonchev–Trinajstić information content (AvgIpc) is 3.33. The molecule has 4 aromatic rings. The summed E-state index contributed by atoms with van der Waals surface area (Å²) in [5, 5.41) is 5.97. The zero-order chi connectivity index (χ0) is 20.8. The number of carbonyl (C=O) groups is 1. The zero-order valence-electron chi connectivity index (χ0n) is 16.7. The second kappa shape index (κ2) is 9.37. The van der Waals surface area contributed by atoms with E-state index in [1.807, 2.05) is 84.1 Å². The number of benzene rings is 3. The SMILES string of the molecule is CN(CC(=O)NC(c1ccccc1)c1nccs1)c1ccccc1-c1ccccc1. The zero-order valence-corrected chi connectivity index (χ0v) is 17.5. The van der Waals surface area contributed by atoms with Crippen molar-refractivity contribution in [2.45, 2.75) is 6.04 Å². The second-order valence-corrected chi connectivity index (χ2v) is 7.95. The van der Waals surface area contributed by atoms with Crippen molar-refractivity contribution in [1.29, 1.82) is 0 Å². The van der Waals surface area contributed by atoms with Crippen LogP contribution >= 0.6 is 11.3 Å². The molecule has 0 aliphatic rings. The number of likely N-dealkylation sites (N-methyl/N-ethyl adjacent to an activating group) is 1. The van der Waals surface area contributed by atoms with E-state index in [2.05, 4.69) is 28.5 Å². The Hall–Kier alpha value is -3.44. The van der Waals surface area contributed by atoms with E-state index < -0.39 is 0 Å². The first-order valence-corrected chi connectivity index (χ1v) is 10.7. The summed E-state index contributed by atoms with van der Waals surface area (Å²) in [4.78, 5) is 19.4. The number of aromatic nitrogens is 1. The molecule has 0 spiro atoms. The Morgan fingerprint density at radius 2 is 1.63 bits per heavy atom. The lowest BCUT2D eigenvalue weighted by Gasteiger charge is -2.24. The molecule has 4 rings (SSSR count). The normalized spacial score (nSPS) is 11.6. The van der Waals surface area contributed by atoms with Gasteiger partial charge in [0.1, 0.15) is 11.0 Å². The maximum atomic E-state index is 13.0. The van der Waals surface area contributed by atoms with Gasteiger partial charge in [0.2, 0.25) is 5.91 Å². The summed E-state index contributed by atoms with van der Waals surface area (Å²) in [6.07, 6.45) is 1.77. The van der Waals surface area contributed by atoms with Gasteiger partial charge in [0.25, 0.3) is 0 Å². The lowest BCUT2D eigenvalue weighted by atomic mass is 10.0. The van der Waals surface area contributed by atoms with Crippen molar-refractivity contribution in [3.63, 3.8) is 0 Å². The highest BCUT2D eigenvalue weighted by atomic mass is 32.1. The number of rotatable bonds is 7. The highest BCUT2D eigenvalue weighted by Crippen LogP contribution is 2.30. The number of amides is 1. The molecule has 0 radical (unpaired) electrons. The van der Waals surface area contributed by atoms with Crippen LogP contribution in [0, 0.1) is 0 Å². The van der Waals surface area contributed by atoms with Crippen LogP contribution in [0.5, 0.6) is 0 Å². The first-order chi connectivity index (χ1) is 14.7. The number of hydrogen-bond donors (Lipinski definition) is 1. The van der Waals surface area contributed by atoms with Gasteiger partial charge in [0.05, 0.1) is 6.54 Å². The van der Waals surface area contributed by atoms with Crippen molar-refractivity contribution < 1.29 is 4.79 Å². The number of thiazole rings is 1. The molecule has 0 aliphatic heterocycles. The van der Waals surface area contributed by atoms with Gasteiger partial charge in [0, 0.05) is 29.9 Å². The topological polar surface area (TPSA) is 45.2 Å². The first kappa shape index (κ1) is 19.9. The van der Waals surface area contributed by atoms with Crippen LogP contribution in [0.2, 0.25) is 0 Å². The molecule has 150 valence electrons. The summed E-state index contributed by atoms with van der Waals surface area (Å²) in [5.41, 5.74) is 4.27. The molecular formula is C25H23N3OS. The molecule has 3 aromatic carbocycles. The van der Waals surface area contributed by atoms with Crippen molar-refractivity contribution in [3.05, 3.63) is 107 Å². The summed E-state index contributed by atoms with van der Waals surface area (Å²) in [6.45, 7) is 0.249. The summed E-state index contributed by atoms with van der Waals surface area (Å²) in [6, 6.07) is 28.1. The predicted molar refractivity (Wildman–Crippen MR) is 124 cm³/mol. The number of carbonyl (C=O) groups excluding carboxylic acids is 1. The van der Waals surface area contributed by atoms with Crippen LogP contribution in [0.1, 0.15) is 16.6 Å². The van der Waals surface area contributed by atoms with Gasteiger partial charge in [-0.05, 0) is 17.2 Å². The molecule has 1 unspecified atom stereocenters. The summed E-state index contributed by atoms with van der Waals surface area (Å²) in [7, 11) is 1.95. The van der Waals surface area contributed by atoms with Crippen molar-refractivity contribution in [2.75, 3.05) is 18.5 Å². The third kappa shape index (κ3) is 4.58. The molecule has 1 aromatic heterocycles. The van der Waals surface area contributed by atoms with Crippen molar-refractivity contribution in [1.82, 2.24) is 10.3 Å². The third-order valence-corrected chi connectivity index (χ3v) is 5.76. The Bertz CT molecular complexity index is 1080. The van der Waals surface area contributed by atoms with E-state index in [4.69, 9.17) is 0 Å². The fraction of sp³-hybridized carbons (Fsp3) is 0.120. The smallest absolute Gasteiger partial charge is 0.240 e. The molecule has 30 heavy (non-hydrogen) atoms. The number of nitrogens with one attached hydrogen (secondary N) is 1. The largest absolute Gasteiger partial charge is 0.365 e. The van der Waals surface area contributed by atoms with Crippen LogP contribution in [0.3, 0.4) is 0 Å². The van der Waals surface area contributed by atoms with Gasteiger partial charge >= 0.3 is 0 Å². The van der Waals surface area contributed by atoms with Gasteiger partial charge in [-0.3, -0.25) is 4.79 Å². The Morgan fingerprint density at radius 1 is 0.967 bits per heavy atom. The summed E-state index contributed by atoms with van der Waals surface area (Å²) in [5.74, 6) is -0.0515. The summed E-state index contributed by atoms with van der Waals surface area (Å²) >= 11 is 1.54. The molecule has 1 N–H and O–H groups in total. The molecule has 0 saturated carbocycles. The van der Waals surface area contributed by atoms with Crippen LogP contribution in [-0.2, 0) is 4.79 Å². The van der Waals surface area contributed by atoms with E-state index in [1.54, 1.807) is 17.5 Å². The molecule has 0 bridgehead atoms. The molecule has 0 fully saturated rings. The quantitative estimate of drug-likeness (QED) is 0.456. The molecule has 1 atom stereocenters. The minimum atomic E-state index is -0.253. The average molecular weight is 414 g/mol. The van der Waals surface area contributed by atoms with Gasteiger partial charge in [-0.15, -0.1) is 11.3 Å². The van der Waals surface area contributed by atoms with Gasteiger partial charge in [0.15, 0.2) is 0 Å². The fourth-order valence-electron chi connectivity index (χ4n) is 3.49. The molecule has 0 aliphatic carbocycles. The monoisotopic (exact) mass is 413 g/mol. The van der Waals surface area contributed by atoms with Crippen molar-refractivity contribution in [3.8, 4) is 11.1 Å². The number of para-hydroxylation sites is 1. The van der Waals surface area contributed by atoms with Gasteiger partial charge in [-0.25, -0.2) is 4.98 Å². The third-order valence-electron chi connectivity index (χ3n) is 4.92. The lowest BCUT2D eigenvalue weighted by Crippen LogP contribution is -2.37. The minimum Gasteiger partial charge on any atom is -0.365 e. The van der Waals surface area contributed by atoms with E-state index in [1.165, 1.54) is 0 Å². The molecule has 0 saturated heterocycles. The van der Waals surface area contributed by atoms with E-state index >= 15 is 0 Å². The van der Waals surface area contributed by atoms with E-state index in [0.717, 1.165) is 27.4 Å². The number of nitrogens with zero attached hydrogens (tertiary/aromatic N) is 2. The highest BCUT2D eigenvalue weighted by molar-refractivity contribution is 7.09. The van der Waals surface area contributed by atoms with Crippen LogP contribution in [-0.4, -0.2) is 24.5 Å². The molecular weight excluding hydrogens is 390 g/mol. The summed E-state index contributed by atoms with van der Waals surface area (Å²) < 4.78 is 0. The first-order valence-electron chi connectivity index (χ1n) is 9.81. The number of hydrogen-bond acceptors (Lipinski definition) is 4. The Balaban J connectivity index is 1.53. The van der Waals surface area contributed by atoms with Gasteiger partial charge < -0.3 is 10.2 Å². The lowest BCUT2D eigenvalue weighted by molar-refractivity contribution is -0.120. The fourth-order valence-corrected chi connectivity index (χ4v) is 4.20. The molecule has 4 nitrogen and oxygen atoms in total.